The zero-order chi connectivity index (χ0) is 17.1. The van der Waals surface area contributed by atoms with Crippen LogP contribution in [0.25, 0.3) is 20.7 Å². The van der Waals surface area contributed by atoms with E-state index >= 15 is 0 Å². The number of pyridine rings is 1. The van der Waals surface area contributed by atoms with Crippen molar-refractivity contribution in [3.8, 4) is 0 Å². The Labute approximate surface area is 142 Å². The van der Waals surface area contributed by atoms with Crippen LogP contribution in [0.4, 0.5) is 5.69 Å². The molecule has 24 heavy (non-hydrogen) atoms. The number of ketones is 1. The van der Waals surface area contributed by atoms with Gasteiger partial charge in [0.05, 0.1) is 22.9 Å². The number of ether oxygens (including phenoxy) is 1. The smallest absolute Gasteiger partial charge is 0.203 e. The van der Waals surface area contributed by atoms with Gasteiger partial charge in [-0.15, -0.1) is 11.3 Å². The van der Waals surface area contributed by atoms with Gasteiger partial charge in [-0.2, -0.15) is 0 Å². The van der Waals surface area contributed by atoms with Gasteiger partial charge in [0.25, 0.3) is 0 Å². The number of methoxy groups -OCH3 is 1. The first-order valence-corrected chi connectivity index (χ1v) is 8.04. The molecule has 0 spiro atoms. The molecule has 0 N–H and O–H groups in total. The predicted molar refractivity (Wildman–Crippen MR) is 93.8 cm³/mol. The number of rotatable bonds is 5. The highest BCUT2D eigenvalue weighted by molar-refractivity contribution is 7.21. The van der Waals surface area contributed by atoms with Crippen molar-refractivity contribution in [1.82, 2.24) is 4.98 Å². The maximum Gasteiger partial charge on any atom is 0.203 e. The summed E-state index contributed by atoms with van der Waals surface area (Å²) in [4.78, 5) is 21.3. The monoisotopic (exact) mass is 338 g/mol. The Bertz CT molecular complexity index is 960. The van der Waals surface area contributed by atoms with Crippen LogP contribution in [0.2, 0.25) is 0 Å². The van der Waals surface area contributed by atoms with Crippen molar-refractivity contribution >= 4 is 33.0 Å². The lowest BCUT2D eigenvalue weighted by Crippen LogP contribution is -1.98. The largest absolute Gasteiger partial charge is 0.378 e. The molecule has 3 rings (SSSR count). The van der Waals surface area contributed by atoms with Gasteiger partial charge in [0.1, 0.15) is 4.83 Å². The molecular formula is C17H14N4O2S. The van der Waals surface area contributed by atoms with Crippen LogP contribution >= 0.6 is 11.3 Å². The molecule has 0 aliphatic heterocycles. The zero-order valence-electron chi connectivity index (χ0n) is 13.2. The van der Waals surface area contributed by atoms with E-state index in [4.69, 9.17) is 10.3 Å². The number of nitrogens with zero attached hydrogens (tertiary/aromatic N) is 4. The number of thiophene rings is 1. The van der Waals surface area contributed by atoms with Gasteiger partial charge >= 0.3 is 0 Å². The Balaban J connectivity index is 2.24. The predicted octanol–water partition coefficient (Wildman–Crippen LogP) is 4.92. The Morgan fingerprint density at radius 3 is 2.79 bits per heavy atom. The van der Waals surface area contributed by atoms with E-state index in [1.54, 1.807) is 31.4 Å². The fourth-order valence-electron chi connectivity index (χ4n) is 2.57. The Kier molecular flexibility index (Phi) is 4.57. The first-order valence-electron chi connectivity index (χ1n) is 7.22. The van der Waals surface area contributed by atoms with Gasteiger partial charge in [-0.3, -0.25) is 4.79 Å². The number of carbonyl (C=O) groups excluding carboxylic acids is 1. The standard InChI is InChI=1S/C17H14N4O2S/c1-10-8-12(9-23-2)19-17-13(10)14(20-21-18)16(24-17)15(22)11-6-4-3-5-7-11/h3-8H,9H2,1-2H3. The van der Waals surface area contributed by atoms with Gasteiger partial charge in [0.2, 0.25) is 5.78 Å². The quantitative estimate of drug-likeness (QED) is 0.286. The van der Waals surface area contributed by atoms with Crippen LogP contribution in [-0.2, 0) is 11.3 Å². The summed E-state index contributed by atoms with van der Waals surface area (Å²) in [6.07, 6.45) is 0. The van der Waals surface area contributed by atoms with Gasteiger partial charge < -0.3 is 4.74 Å². The molecule has 0 aliphatic rings. The van der Waals surface area contributed by atoms with Crippen molar-refractivity contribution < 1.29 is 9.53 Å². The van der Waals surface area contributed by atoms with Crippen molar-refractivity contribution in [3.05, 3.63) is 68.5 Å². The number of carbonyl (C=O) groups is 1. The molecule has 0 amide bonds. The van der Waals surface area contributed by atoms with Gasteiger partial charge in [-0.05, 0) is 24.1 Å². The van der Waals surface area contributed by atoms with Gasteiger partial charge in [0, 0.05) is 23.0 Å². The number of hydrogen-bond acceptors (Lipinski definition) is 5. The summed E-state index contributed by atoms with van der Waals surface area (Å²) >= 11 is 1.24. The van der Waals surface area contributed by atoms with E-state index in [0.29, 0.717) is 27.6 Å². The minimum Gasteiger partial charge on any atom is -0.378 e. The number of aryl methyl sites for hydroxylation is 1. The maximum absolute atomic E-state index is 12.8. The van der Waals surface area contributed by atoms with Crippen LogP contribution < -0.4 is 0 Å². The summed E-state index contributed by atoms with van der Waals surface area (Å²) in [6.45, 7) is 2.29. The molecule has 2 heterocycles. The Morgan fingerprint density at radius 1 is 1.38 bits per heavy atom. The van der Waals surface area contributed by atoms with E-state index in [0.717, 1.165) is 16.6 Å². The third-order valence-electron chi connectivity index (χ3n) is 3.57. The van der Waals surface area contributed by atoms with Crippen molar-refractivity contribution in [2.75, 3.05) is 7.11 Å². The van der Waals surface area contributed by atoms with Crippen LogP contribution in [-0.4, -0.2) is 17.9 Å². The van der Waals surface area contributed by atoms with Crippen molar-refractivity contribution in [2.45, 2.75) is 13.5 Å². The minimum absolute atomic E-state index is 0.173. The Hall–Kier alpha value is -2.73. The van der Waals surface area contributed by atoms with Crippen molar-refractivity contribution in [2.24, 2.45) is 5.11 Å². The molecule has 0 fully saturated rings. The van der Waals surface area contributed by atoms with Crippen LogP contribution in [0, 0.1) is 6.92 Å². The number of fused-ring (bicyclic) bond motifs is 1. The third-order valence-corrected chi connectivity index (χ3v) is 4.64. The van der Waals surface area contributed by atoms with E-state index in [9.17, 15) is 4.79 Å². The number of hydrogen-bond donors (Lipinski definition) is 0. The van der Waals surface area contributed by atoms with Crippen molar-refractivity contribution in [3.63, 3.8) is 0 Å². The first kappa shape index (κ1) is 16.1. The van der Waals surface area contributed by atoms with E-state index < -0.39 is 0 Å². The third kappa shape index (κ3) is 2.88. The van der Waals surface area contributed by atoms with E-state index in [-0.39, 0.29) is 5.78 Å². The topological polar surface area (TPSA) is 88.0 Å². The molecule has 6 nitrogen and oxygen atoms in total. The molecule has 0 saturated heterocycles. The lowest BCUT2D eigenvalue weighted by molar-refractivity contribution is 0.104. The number of benzene rings is 1. The fourth-order valence-corrected chi connectivity index (χ4v) is 3.73. The Morgan fingerprint density at radius 2 is 2.12 bits per heavy atom. The highest BCUT2D eigenvalue weighted by atomic mass is 32.1. The fraction of sp³-hybridized carbons (Fsp3) is 0.176. The molecule has 0 bridgehead atoms. The molecule has 0 radical (unpaired) electrons. The molecule has 7 heteroatoms. The van der Waals surface area contributed by atoms with Crippen LogP contribution in [0.15, 0.2) is 41.5 Å². The van der Waals surface area contributed by atoms with Gasteiger partial charge in [-0.1, -0.05) is 35.4 Å². The summed E-state index contributed by atoms with van der Waals surface area (Å²) < 4.78 is 5.13. The average Bonchev–Trinajstić information content (AvgIpc) is 2.94. The second-order valence-corrected chi connectivity index (χ2v) is 6.21. The highest BCUT2D eigenvalue weighted by Crippen LogP contribution is 2.40. The van der Waals surface area contributed by atoms with E-state index in [2.05, 4.69) is 15.0 Å². The second kappa shape index (κ2) is 6.80. The van der Waals surface area contributed by atoms with Crippen LogP contribution in [0.3, 0.4) is 0 Å². The molecule has 0 unspecified atom stereocenters. The molecule has 2 aromatic heterocycles. The minimum atomic E-state index is -0.173. The zero-order valence-corrected chi connectivity index (χ0v) is 14.0. The molecule has 0 aliphatic carbocycles. The summed E-state index contributed by atoms with van der Waals surface area (Å²) in [5, 5.41) is 4.50. The van der Waals surface area contributed by atoms with Gasteiger partial charge in [-0.25, -0.2) is 4.98 Å². The lowest BCUT2D eigenvalue weighted by Gasteiger charge is -2.03. The van der Waals surface area contributed by atoms with Crippen LogP contribution in [0.5, 0.6) is 0 Å². The molecule has 3 aromatic rings. The molecular weight excluding hydrogens is 324 g/mol. The van der Waals surface area contributed by atoms with E-state index in [1.165, 1.54) is 11.3 Å². The maximum atomic E-state index is 12.8. The SMILES string of the molecule is COCc1cc(C)c2c(N=[N+]=[N-])c(C(=O)c3ccccc3)sc2n1. The van der Waals surface area contributed by atoms with Crippen molar-refractivity contribution in [1.29, 1.82) is 0 Å². The highest BCUT2D eigenvalue weighted by Gasteiger charge is 2.21. The second-order valence-electron chi connectivity index (χ2n) is 5.21. The molecule has 120 valence electrons. The lowest BCUT2D eigenvalue weighted by atomic mass is 10.1. The number of azide groups is 1. The summed E-state index contributed by atoms with van der Waals surface area (Å²) in [5.41, 5.74) is 11.5. The first-order chi connectivity index (χ1) is 11.7. The summed E-state index contributed by atoms with van der Waals surface area (Å²) in [7, 11) is 1.60. The number of aromatic nitrogens is 1. The molecule has 0 atom stereocenters. The van der Waals surface area contributed by atoms with Gasteiger partial charge in [0.15, 0.2) is 0 Å². The molecule has 1 aromatic carbocycles. The average molecular weight is 338 g/mol. The summed E-state index contributed by atoms with van der Waals surface area (Å²) in [6, 6.07) is 10.8. The van der Waals surface area contributed by atoms with E-state index in [1.807, 2.05) is 19.1 Å². The molecule has 0 saturated carbocycles. The summed E-state index contributed by atoms with van der Waals surface area (Å²) in [5.74, 6) is -0.173. The normalized spacial score (nSPS) is 10.6. The van der Waals surface area contributed by atoms with Crippen LogP contribution in [0.1, 0.15) is 26.5 Å².